The van der Waals surface area contributed by atoms with Crippen LogP contribution in [-0.2, 0) is 8.85 Å². The molecular weight excluding hydrogens is 264 g/mol. The molecule has 0 aliphatic heterocycles. The summed E-state index contributed by atoms with van der Waals surface area (Å²) in [6.45, 7) is 8.57. The van der Waals surface area contributed by atoms with Crippen molar-refractivity contribution in [1.82, 2.24) is 0 Å². The van der Waals surface area contributed by atoms with Crippen LogP contribution in [0.5, 0.6) is 0 Å². The molecule has 118 valence electrons. The van der Waals surface area contributed by atoms with E-state index in [0.717, 1.165) is 36.6 Å². The fourth-order valence-corrected chi connectivity index (χ4v) is 9.68. The van der Waals surface area contributed by atoms with Crippen molar-refractivity contribution in [2.24, 2.45) is 5.92 Å². The minimum atomic E-state index is -2.02. The van der Waals surface area contributed by atoms with Crippen LogP contribution in [0.1, 0.15) is 78.6 Å². The first kappa shape index (κ1) is 16.5. The molecule has 0 amide bonds. The van der Waals surface area contributed by atoms with Crippen molar-refractivity contribution in [2.75, 3.05) is 13.2 Å². The summed E-state index contributed by atoms with van der Waals surface area (Å²) in [5.41, 5.74) is 1.52. The second-order valence-corrected chi connectivity index (χ2v) is 10.6. The normalized spacial score (nSPS) is 31.4. The Labute approximate surface area is 126 Å². The van der Waals surface area contributed by atoms with Crippen molar-refractivity contribution < 1.29 is 8.85 Å². The van der Waals surface area contributed by atoms with Crippen molar-refractivity contribution in [3.8, 4) is 0 Å². The van der Waals surface area contributed by atoms with Gasteiger partial charge >= 0.3 is 8.56 Å². The Morgan fingerprint density at radius 1 is 0.900 bits per heavy atom. The van der Waals surface area contributed by atoms with Gasteiger partial charge in [0.25, 0.3) is 0 Å². The van der Waals surface area contributed by atoms with E-state index in [1.165, 1.54) is 51.4 Å². The molecule has 0 radical (unpaired) electrons. The van der Waals surface area contributed by atoms with Gasteiger partial charge in [-0.1, -0.05) is 39.5 Å². The lowest BCUT2D eigenvalue weighted by Crippen LogP contribution is -2.52. The summed E-state index contributed by atoms with van der Waals surface area (Å²) in [5, 5.41) is 0. The Morgan fingerprint density at radius 3 is 2.20 bits per heavy atom. The van der Waals surface area contributed by atoms with Crippen molar-refractivity contribution in [3.05, 3.63) is 0 Å². The highest BCUT2D eigenvalue weighted by Gasteiger charge is 2.53. The maximum Gasteiger partial charge on any atom is 0.344 e. The summed E-state index contributed by atoms with van der Waals surface area (Å²) in [5.74, 6) is 0.868. The first-order valence-electron chi connectivity index (χ1n) is 9.00. The Morgan fingerprint density at radius 2 is 1.60 bits per heavy atom. The van der Waals surface area contributed by atoms with E-state index in [0.29, 0.717) is 0 Å². The largest absolute Gasteiger partial charge is 0.394 e. The molecule has 2 fully saturated rings. The van der Waals surface area contributed by atoms with Gasteiger partial charge in [-0.3, -0.25) is 0 Å². The van der Waals surface area contributed by atoms with E-state index in [1.54, 1.807) is 0 Å². The maximum atomic E-state index is 6.61. The molecule has 0 aromatic rings. The van der Waals surface area contributed by atoms with Crippen LogP contribution in [0.15, 0.2) is 0 Å². The molecule has 0 saturated heterocycles. The van der Waals surface area contributed by atoms with E-state index >= 15 is 0 Å². The third-order valence-corrected chi connectivity index (χ3v) is 10.1. The Balaban J connectivity index is 2.18. The molecule has 0 aromatic heterocycles. The molecule has 2 aliphatic rings. The summed E-state index contributed by atoms with van der Waals surface area (Å²) in [6.07, 6.45) is 12.1. The highest BCUT2D eigenvalue weighted by atomic mass is 28.4. The highest BCUT2D eigenvalue weighted by Crippen LogP contribution is 2.51. The van der Waals surface area contributed by atoms with Crippen LogP contribution in [0.25, 0.3) is 0 Å². The first-order valence-corrected chi connectivity index (χ1v) is 11.0. The zero-order valence-corrected chi connectivity index (χ0v) is 14.8. The van der Waals surface area contributed by atoms with Crippen LogP contribution >= 0.6 is 0 Å². The number of rotatable bonds is 7. The summed E-state index contributed by atoms with van der Waals surface area (Å²) in [7, 11) is -2.02. The van der Waals surface area contributed by atoms with Gasteiger partial charge in [0.05, 0.1) is 0 Å². The van der Waals surface area contributed by atoms with E-state index < -0.39 is 8.56 Å². The standard InChI is InChI=1S/C17H34O2Si/c1-4-13-19-20(18-5-2,16-10-6-7-11-16)17-12-8-9-15(3)14-17/h15-17H,4-14H2,1-3H3. The van der Waals surface area contributed by atoms with Crippen LogP contribution < -0.4 is 0 Å². The van der Waals surface area contributed by atoms with Crippen LogP contribution in [-0.4, -0.2) is 21.8 Å². The molecule has 20 heavy (non-hydrogen) atoms. The predicted molar refractivity (Wildman–Crippen MR) is 87.2 cm³/mol. The molecule has 2 saturated carbocycles. The first-order chi connectivity index (χ1) is 9.73. The summed E-state index contributed by atoms with van der Waals surface area (Å²) >= 11 is 0. The third-order valence-electron chi connectivity index (χ3n) is 5.33. The zero-order valence-electron chi connectivity index (χ0n) is 13.8. The molecule has 0 heterocycles. The van der Waals surface area contributed by atoms with Gasteiger partial charge in [-0.05, 0) is 44.9 Å². The number of hydrogen-bond donors (Lipinski definition) is 0. The molecule has 0 bridgehead atoms. The lowest BCUT2D eigenvalue weighted by molar-refractivity contribution is 0.142. The molecule has 0 spiro atoms. The van der Waals surface area contributed by atoms with Crippen molar-refractivity contribution >= 4 is 8.56 Å². The third kappa shape index (κ3) is 3.66. The Kier molecular flexibility index (Phi) is 6.56. The van der Waals surface area contributed by atoms with Crippen LogP contribution in [0.2, 0.25) is 11.1 Å². The van der Waals surface area contributed by atoms with Gasteiger partial charge in [0.2, 0.25) is 0 Å². The topological polar surface area (TPSA) is 18.5 Å². The molecule has 3 unspecified atom stereocenters. The molecule has 2 nitrogen and oxygen atoms in total. The molecule has 0 aromatic carbocycles. The van der Waals surface area contributed by atoms with E-state index in [4.69, 9.17) is 8.85 Å². The SMILES string of the molecule is CCCO[Si](OCC)(C1CCCC1)C1CCCC(C)C1. The monoisotopic (exact) mass is 298 g/mol. The summed E-state index contributed by atoms with van der Waals surface area (Å²) < 4.78 is 13.1. The second kappa shape index (κ2) is 7.95. The lowest BCUT2D eigenvalue weighted by atomic mass is 9.90. The number of hydrogen-bond acceptors (Lipinski definition) is 2. The smallest absolute Gasteiger partial charge is 0.344 e. The van der Waals surface area contributed by atoms with Gasteiger partial charge in [0, 0.05) is 24.3 Å². The lowest BCUT2D eigenvalue weighted by Gasteiger charge is -2.44. The van der Waals surface area contributed by atoms with Gasteiger partial charge in [0.15, 0.2) is 0 Å². The Bertz CT molecular complexity index is 278. The van der Waals surface area contributed by atoms with Crippen LogP contribution in [0.3, 0.4) is 0 Å². The van der Waals surface area contributed by atoms with Crippen molar-refractivity contribution in [1.29, 1.82) is 0 Å². The van der Waals surface area contributed by atoms with Gasteiger partial charge in [0.1, 0.15) is 0 Å². The molecule has 2 aliphatic carbocycles. The van der Waals surface area contributed by atoms with E-state index in [-0.39, 0.29) is 0 Å². The molecule has 3 atom stereocenters. The van der Waals surface area contributed by atoms with Gasteiger partial charge in [-0.15, -0.1) is 0 Å². The maximum absolute atomic E-state index is 6.61. The average molecular weight is 299 g/mol. The fraction of sp³-hybridized carbons (Fsp3) is 1.00. The molecule has 2 rings (SSSR count). The minimum absolute atomic E-state index is 0.751. The van der Waals surface area contributed by atoms with Gasteiger partial charge in [-0.25, -0.2) is 0 Å². The van der Waals surface area contributed by atoms with Crippen molar-refractivity contribution in [3.63, 3.8) is 0 Å². The predicted octanol–water partition coefficient (Wildman–Crippen LogP) is 5.42. The van der Waals surface area contributed by atoms with Gasteiger partial charge in [-0.2, -0.15) is 0 Å². The Hall–Kier alpha value is 0.137. The average Bonchev–Trinajstić information content (AvgIpc) is 2.98. The molecule has 3 heteroatoms. The van der Waals surface area contributed by atoms with E-state index in [9.17, 15) is 0 Å². The molecule has 0 N–H and O–H groups in total. The highest BCUT2D eigenvalue weighted by molar-refractivity contribution is 6.70. The fourth-order valence-electron chi connectivity index (χ4n) is 4.46. The minimum Gasteiger partial charge on any atom is -0.394 e. The second-order valence-electron chi connectivity index (χ2n) is 6.95. The van der Waals surface area contributed by atoms with Crippen molar-refractivity contribution in [2.45, 2.75) is 89.6 Å². The van der Waals surface area contributed by atoms with E-state index in [1.807, 2.05) is 0 Å². The van der Waals surface area contributed by atoms with Crippen LogP contribution in [0.4, 0.5) is 0 Å². The summed E-state index contributed by atoms with van der Waals surface area (Å²) in [6, 6.07) is 0. The zero-order chi connectivity index (χ0) is 14.4. The van der Waals surface area contributed by atoms with Crippen LogP contribution in [0, 0.1) is 5.92 Å². The quantitative estimate of drug-likeness (QED) is 0.585. The summed E-state index contributed by atoms with van der Waals surface area (Å²) in [4.78, 5) is 0. The molecular formula is C17H34O2Si. The van der Waals surface area contributed by atoms with Gasteiger partial charge < -0.3 is 8.85 Å². The van der Waals surface area contributed by atoms with E-state index in [2.05, 4.69) is 20.8 Å².